The second-order valence-electron chi connectivity index (χ2n) is 17.8. The minimum absolute atomic E-state index is 0.000478. The van der Waals surface area contributed by atoms with Crippen molar-refractivity contribution in [1.82, 2.24) is 70.8 Å². The van der Waals surface area contributed by atoms with Crippen LogP contribution < -0.4 is 65.2 Å². The predicted molar refractivity (Wildman–Crippen MR) is 269 cm³/mol. The number of hydrogen-bond donors (Lipinski definition) is 12. The van der Waals surface area contributed by atoms with E-state index in [1.54, 1.807) is 9.80 Å². The van der Waals surface area contributed by atoms with Crippen LogP contribution in [0.4, 0.5) is 0 Å². The Morgan fingerprint density at radius 3 is 1.29 bits per heavy atom. The first-order chi connectivity index (χ1) is 36.9. The van der Waals surface area contributed by atoms with Gasteiger partial charge in [-0.25, -0.2) is 0 Å². The molecule has 0 aliphatic carbocycles. The van der Waals surface area contributed by atoms with E-state index in [9.17, 15) is 73.6 Å². The third-order valence-corrected chi connectivity index (χ3v) is 12.6. The minimum atomic E-state index is -1.22. The number of amides is 7. The lowest BCUT2D eigenvalue weighted by Crippen LogP contribution is -2.49. The van der Waals surface area contributed by atoms with Gasteiger partial charge in [-0.15, -0.1) is 18.9 Å². The topological polar surface area (TPSA) is 408 Å². The molecule has 30 nitrogen and oxygen atoms in total. The Morgan fingerprint density at radius 1 is 0.481 bits per heavy atom. The second kappa shape index (κ2) is 27.1. The van der Waals surface area contributed by atoms with E-state index < -0.39 is 103 Å². The molecule has 8 bridgehead atoms. The second-order valence-corrected chi connectivity index (χ2v) is 17.8. The zero-order chi connectivity index (χ0) is 55.8. The van der Waals surface area contributed by atoms with Crippen LogP contribution in [0, 0.1) is 0 Å². The van der Waals surface area contributed by atoms with Crippen molar-refractivity contribution in [3.63, 3.8) is 0 Å². The zero-order valence-corrected chi connectivity index (χ0v) is 41.7. The Kier molecular flexibility index (Phi) is 20.2. The summed E-state index contributed by atoms with van der Waals surface area (Å²) in [6.07, 6.45) is 1.42. The fourth-order valence-corrected chi connectivity index (χ4v) is 8.36. The summed E-state index contributed by atoms with van der Waals surface area (Å²) in [5, 5.41) is 61.1. The smallest absolute Gasteiger partial charge is 0.296 e. The van der Waals surface area contributed by atoms with Crippen molar-refractivity contribution >= 4 is 41.4 Å². The number of carbonyl (C=O) groups excluding carboxylic acids is 7. The number of nitrogens with two attached hydrogens (primary N) is 1. The molecule has 1 atom stereocenters. The maximum Gasteiger partial charge on any atom is 0.296 e. The van der Waals surface area contributed by atoms with Crippen LogP contribution in [-0.4, -0.2) is 207 Å². The molecule has 14 heterocycles. The van der Waals surface area contributed by atoms with Gasteiger partial charge in [-0.2, -0.15) is 0 Å². The molecule has 4 aromatic heterocycles. The van der Waals surface area contributed by atoms with Gasteiger partial charge in [0, 0.05) is 110 Å². The first-order valence-electron chi connectivity index (χ1n) is 24.5. The maximum atomic E-state index is 13.5. The summed E-state index contributed by atoms with van der Waals surface area (Å²) in [7, 11) is 0. The van der Waals surface area contributed by atoms with Gasteiger partial charge in [0.1, 0.15) is 39.5 Å². The molecular weight excluding hydrogens is 1010 g/mol. The lowest BCUT2D eigenvalue weighted by Gasteiger charge is -2.31. The first kappa shape index (κ1) is 57.4. The third kappa shape index (κ3) is 14.9. The van der Waals surface area contributed by atoms with Crippen molar-refractivity contribution in [2.75, 3.05) is 105 Å². The molecule has 13 N–H and O–H groups in total. The molecule has 30 heteroatoms. The van der Waals surface area contributed by atoms with Crippen molar-refractivity contribution in [3.05, 3.63) is 135 Å². The van der Waals surface area contributed by atoms with Gasteiger partial charge in [0.25, 0.3) is 63.6 Å². The van der Waals surface area contributed by atoms with E-state index >= 15 is 0 Å². The van der Waals surface area contributed by atoms with E-state index in [1.807, 2.05) is 4.90 Å². The Morgan fingerprint density at radius 2 is 0.870 bits per heavy atom. The van der Waals surface area contributed by atoms with Crippen LogP contribution >= 0.6 is 0 Å². The molecule has 0 fully saturated rings. The van der Waals surface area contributed by atoms with Gasteiger partial charge in [0.2, 0.25) is 0 Å². The number of rotatable bonds is 8. The lowest BCUT2D eigenvalue weighted by molar-refractivity contribution is 0.0847. The molecule has 10 aliphatic heterocycles. The van der Waals surface area contributed by atoms with E-state index in [4.69, 9.17) is 5.73 Å². The Labute approximate surface area is 436 Å². The van der Waals surface area contributed by atoms with Gasteiger partial charge >= 0.3 is 0 Å². The highest BCUT2D eigenvalue weighted by atomic mass is 16.5. The number of nitrogens with zero attached hydrogens (tertiary/aromatic N) is 7. The molecule has 14 rings (SSSR count). The molecular formula is C47H61N15O15. The molecule has 414 valence electrons. The van der Waals surface area contributed by atoms with Gasteiger partial charge in [-0.05, 0) is 61.9 Å². The number of hydrogen-bond acceptors (Lipinski definition) is 19. The molecule has 0 aromatic carbocycles. The highest BCUT2D eigenvalue weighted by Crippen LogP contribution is 2.08. The molecule has 10 aliphatic rings. The highest BCUT2D eigenvalue weighted by Gasteiger charge is 2.25. The fourth-order valence-electron chi connectivity index (χ4n) is 8.36. The molecule has 77 heavy (non-hydrogen) atoms. The van der Waals surface area contributed by atoms with E-state index in [0.717, 1.165) is 42.5 Å². The Hall–Kier alpha value is -8.87. The van der Waals surface area contributed by atoms with Gasteiger partial charge in [-0.3, -0.25) is 67.4 Å². The van der Waals surface area contributed by atoms with Crippen LogP contribution in [0.25, 0.3) is 0 Å². The standard InChI is InChI=1S/C47H61N15O15/c48-13-2-1-4-29(55-44(70)33-5-3-6-37(63)59(33)74)28-58-25-19-51-40(66)32-9-12-36(62(77)47(32)73)43(69)54-18-22-56-20-16-52-41(67)34-10-7-30(45(71)60(34)75)38(64)49-14-23-57(26-27-58)24-15-50-39(65)31-8-11-35(61(76)46(31)72)42(68)53-17-21-56/h3,5-12,29,74-77H,1-2,4,13-28,48H2,(H,49,64)(H,50,65)(H,51,66)(H,52,67)(H,53,68)(H,54,69)(H,55,70). The van der Waals surface area contributed by atoms with Crippen molar-refractivity contribution < 1.29 is 54.4 Å². The molecule has 0 saturated carbocycles. The quantitative estimate of drug-likeness (QED) is 0.0580. The van der Waals surface area contributed by atoms with Gasteiger partial charge in [0.15, 0.2) is 0 Å². The minimum Gasteiger partial charge on any atom is -0.425 e. The average molecular weight is 1080 g/mol. The normalized spacial score (nSPS) is 18.6. The fraction of sp³-hybridized carbons (Fsp3) is 0.426. The first-order valence-corrected chi connectivity index (χ1v) is 24.5. The molecule has 0 radical (unpaired) electrons. The summed E-state index contributed by atoms with van der Waals surface area (Å²) in [4.78, 5) is 151. The van der Waals surface area contributed by atoms with Crippen LogP contribution in [0.1, 0.15) is 92.3 Å². The van der Waals surface area contributed by atoms with Gasteiger partial charge in [0.05, 0.1) is 0 Å². The van der Waals surface area contributed by atoms with E-state index in [-0.39, 0.29) is 123 Å². The molecule has 4 aromatic rings. The highest BCUT2D eigenvalue weighted by molar-refractivity contribution is 5.98. The maximum absolute atomic E-state index is 13.5. The van der Waals surface area contributed by atoms with Crippen molar-refractivity contribution in [1.29, 1.82) is 0 Å². The summed E-state index contributed by atoms with van der Waals surface area (Å²) < 4.78 is 0.257. The van der Waals surface area contributed by atoms with Crippen molar-refractivity contribution in [2.24, 2.45) is 5.73 Å². The predicted octanol–water partition coefficient (Wildman–Crippen LogP) is -5.08. The number of nitrogens with one attached hydrogen (secondary N) is 7. The molecule has 7 amide bonds. The van der Waals surface area contributed by atoms with E-state index in [2.05, 4.69) is 37.2 Å². The number of aromatic nitrogens is 4. The molecule has 0 saturated heterocycles. The largest absolute Gasteiger partial charge is 0.425 e. The van der Waals surface area contributed by atoms with Crippen LogP contribution in [0.3, 0.4) is 0 Å². The summed E-state index contributed by atoms with van der Waals surface area (Å²) in [5.74, 6) is -6.30. The van der Waals surface area contributed by atoms with E-state index in [1.165, 1.54) is 12.1 Å². The zero-order valence-electron chi connectivity index (χ0n) is 41.7. The number of carbonyl (C=O) groups is 7. The SMILES string of the molecule is NCCCCC(CN1CCNC(=O)c2ccc(n(O)c2=O)C(=O)NCCN2CCNC(=O)c3ccc(c(=O)n3O)C(=O)NCCN(CCNC(=O)c3ccc(n(O)c3=O)C(=O)NCC2)CC1)NC(=O)c1cccc(=O)n1O. The van der Waals surface area contributed by atoms with Crippen LogP contribution in [0.2, 0.25) is 0 Å². The van der Waals surface area contributed by atoms with Crippen LogP contribution in [0.15, 0.2) is 73.8 Å². The third-order valence-electron chi connectivity index (χ3n) is 12.6. The Balaban J connectivity index is 1.38. The van der Waals surface area contributed by atoms with Gasteiger partial charge in [-0.1, -0.05) is 12.5 Å². The van der Waals surface area contributed by atoms with Crippen molar-refractivity contribution in [2.45, 2.75) is 25.3 Å². The van der Waals surface area contributed by atoms with Crippen molar-refractivity contribution in [3.8, 4) is 0 Å². The number of pyridine rings is 4. The molecule has 1 unspecified atom stereocenters. The number of unbranched alkanes of at least 4 members (excludes halogenated alkanes) is 1. The monoisotopic (exact) mass is 1080 g/mol. The average Bonchev–Trinajstić information content (AvgIpc) is 3.40. The van der Waals surface area contributed by atoms with Gasteiger partial charge < -0.3 is 63.8 Å². The summed E-state index contributed by atoms with van der Waals surface area (Å²) in [6, 6.07) is 9.28. The van der Waals surface area contributed by atoms with Crippen LogP contribution in [-0.2, 0) is 0 Å². The van der Waals surface area contributed by atoms with E-state index in [0.29, 0.717) is 25.8 Å². The lowest BCUT2D eigenvalue weighted by atomic mass is 10.1. The summed E-state index contributed by atoms with van der Waals surface area (Å²) in [6.45, 7) is -0.256. The summed E-state index contributed by atoms with van der Waals surface area (Å²) in [5.41, 5.74) is -2.19. The molecule has 0 spiro atoms. The summed E-state index contributed by atoms with van der Waals surface area (Å²) >= 11 is 0. The van der Waals surface area contributed by atoms with Crippen LogP contribution in [0.5, 0.6) is 0 Å². The Bertz CT molecular complexity index is 3000.